The van der Waals surface area contributed by atoms with Crippen LogP contribution in [-0.2, 0) is 0 Å². The maximum absolute atomic E-state index is 9.30. The van der Waals surface area contributed by atoms with Crippen molar-refractivity contribution in [1.29, 1.82) is 0 Å². The van der Waals surface area contributed by atoms with Gasteiger partial charge in [-0.1, -0.05) is 6.32 Å². The molecule has 1 aliphatic rings. The van der Waals surface area contributed by atoms with Gasteiger partial charge >= 0.3 is 0 Å². The minimum absolute atomic E-state index is 0.118. The van der Waals surface area contributed by atoms with Gasteiger partial charge in [-0.2, -0.15) is 0 Å². The predicted octanol–water partition coefficient (Wildman–Crippen LogP) is -0.849. The standard InChI is InChI=1S/C6H14BNO/c7-4-6(9)5-2-1-3-8-5/h5-6,8-9H,1-4,7H2/t5-,6+/m0/s1. The molecule has 1 aliphatic heterocycles. The van der Waals surface area contributed by atoms with Gasteiger partial charge < -0.3 is 10.4 Å². The number of aliphatic hydroxyl groups excluding tert-OH is 1. The van der Waals surface area contributed by atoms with E-state index in [1.165, 1.54) is 6.42 Å². The highest BCUT2D eigenvalue weighted by Crippen LogP contribution is 2.10. The Hall–Kier alpha value is -0.0151. The summed E-state index contributed by atoms with van der Waals surface area (Å²) in [5.74, 6) is 0. The molecule has 0 aromatic rings. The number of aliphatic hydroxyl groups is 1. The molecule has 0 unspecified atom stereocenters. The van der Waals surface area contributed by atoms with E-state index in [2.05, 4.69) is 5.32 Å². The van der Waals surface area contributed by atoms with E-state index in [4.69, 9.17) is 0 Å². The van der Waals surface area contributed by atoms with Crippen LogP contribution in [0.4, 0.5) is 0 Å². The maximum Gasteiger partial charge on any atom is 0.104 e. The fourth-order valence-corrected chi connectivity index (χ4v) is 1.32. The molecule has 0 aromatic carbocycles. The SMILES string of the molecule is BC[C@@H](O)[C@@H]1CCCN1. The summed E-state index contributed by atoms with van der Waals surface area (Å²) >= 11 is 0. The summed E-state index contributed by atoms with van der Waals surface area (Å²) in [6.45, 7) is 1.09. The summed E-state index contributed by atoms with van der Waals surface area (Å²) in [6.07, 6.45) is 3.13. The van der Waals surface area contributed by atoms with Gasteiger partial charge in [0, 0.05) is 6.04 Å². The molecule has 2 atom stereocenters. The summed E-state index contributed by atoms with van der Waals surface area (Å²) in [6, 6.07) is 0.384. The van der Waals surface area contributed by atoms with Crippen LogP contribution >= 0.6 is 0 Å². The van der Waals surface area contributed by atoms with E-state index in [0.29, 0.717) is 6.04 Å². The molecule has 2 N–H and O–H groups in total. The summed E-state index contributed by atoms with van der Waals surface area (Å²) < 4.78 is 0. The van der Waals surface area contributed by atoms with Crippen LogP contribution < -0.4 is 5.32 Å². The first-order valence-corrected chi connectivity index (χ1v) is 3.76. The summed E-state index contributed by atoms with van der Waals surface area (Å²) in [7, 11) is 2.02. The van der Waals surface area contributed by atoms with Crippen molar-refractivity contribution in [1.82, 2.24) is 5.32 Å². The third kappa shape index (κ3) is 1.70. The number of hydrogen-bond donors (Lipinski definition) is 2. The third-order valence-corrected chi connectivity index (χ3v) is 1.98. The Labute approximate surface area is 57.1 Å². The van der Waals surface area contributed by atoms with Crippen LogP contribution in [0.25, 0.3) is 0 Å². The Kier molecular flexibility index (Phi) is 2.55. The Balaban J connectivity index is 2.24. The lowest BCUT2D eigenvalue weighted by Crippen LogP contribution is -2.34. The van der Waals surface area contributed by atoms with Gasteiger partial charge in [0.1, 0.15) is 7.85 Å². The Morgan fingerprint density at radius 3 is 3.00 bits per heavy atom. The lowest BCUT2D eigenvalue weighted by Gasteiger charge is -2.15. The molecule has 1 heterocycles. The van der Waals surface area contributed by atoms with E-state index in [-0.39, 0.29) is 6.10 Å². The van der Waals surface area contributed by atoms with Crippen molar-refractivity contribution in [3.8, 4) is 0 Å². The first-order valence-electron chi connectivity index (χ1n) is 3.76. The average Bonchev–Trinajstić information content (AvgIpc) is 2.37. The minimum atomic E-state index is -0.118. The van der Waals surface area contributed by atoms with Gasteiger partial charge in [0.2, 0.25) is 0 Å². The van der Waals surface area contributed by atoms with Crippen molar-refractivity contribution in [2.75, 3.05) is 6.54 Å². The fourth-order valence-electron chi connectivity index (χ4n) is 1.32. The zero-order chi connectivity index (χ0) is 6.69. The first kappa shape index (κ1) is 7.10. The molecule has 1 rings (SSSR count). The van der Waals surface area contributed by atoms with Crippen LogP contribution in [-0.4, -0.2) is 31.6 Å². The molecule has 0 bridgehead atoms. The molecule has 3 heteroatoms. The van der Waals surface area contributed by atoms with E-state index < -0.39 is 0 Å². The van der Waals surface area contributed by atoms with Gasteiger partial charge in [0.15, 0.2) is 0 Å². The molecule has 52 valence electrons. The summed E-state index contributed by atoms with van der Waals surface area (Å²) in [4.78, 5) is 0. The average molecular weight is 127 g/mol. The second-order valence-electron chi connectivity index (χ2n) is 2.68. The van der Waals surface area contributed by atoms with Gasteiger partial charge in [0.25, 0.3) is 0 Å². The third-order valence-electron chi connectivity index (χ3n) is 1.98. The second kappa shape index (κ2) is 3.23. The molecule has 2 nitrogen and oxygen atoms in total. The summed E-state index contributed by atoms with van der Waals surface area (Å²) in [5.41, 5.74) is 0. The minimum Gasteiger partial charge on any atom is -0.392 e. The van der Waals surface area contributed by atoms with E-state index >= 15 is 0 Å². The first-order chi connectivity index (χ1) is 4.34. The molecule has 0 radical (unpaired) electrons. The largest absolute Gasteiger partial charge is 0.392 e. The van der Waals surface area contributed by atoms with E-state index in [0.717, 1.165) is 19.3 Å². The Bertz CT molecular complexity index is 83.1. The van der Waals surface area contributed by atoms with Crippen molar-refractivity contribution < 1.29 is 5.11 Å². The number of nitrogens with one attached hydrogen (secondary N) is 1. The van der Waals surface area contributed by atoms with Crippen LogP contribution in [0.3, 0.4) is 0 Å². The Morgan fingerprint density at radius 1 is 1.78 bits per heavy atom. The van der Waals surface area contributed by atoms with Gasteiger partial charge in [-0.25, -0.2) is 0 Å². The zero-order valence-corrected chi connectivity index (χ0v) is 5.93. The van der Waals surface area contributed by atoms with Crippen LogP contribution in [0.5, 0.6) is 0 Å². The molecule has 9 heavy (non-hydrogen) atoms. The zero-order valence-electron chi connectivity index (χ0n) is 5.93. The predicted molar refractivity (Wildman–Crippen MR) is 40.4 cm³/mol. The number of rotatable bonds is 2. The molecule has 1 fully saturated rings. The summed E-state index contributed by atoms with van der Waals surface area (Å²) in [5, 5.41) is 12.6. The highest BCUT2D eigenvalue weighted by Gasteiger charge is 2.20. The lowest BCUT2D eigenvalue weighted by molar-refractivity contribution is 0.155. The van der Waals surface area contributed by atoms with Crippen molar-refractivity contribution >= 4 is 7.85 Å². The van der Waals surface area contributed by atoms with Gasteiger partial charge in [-0.3, -0.25) is 0 Å². The topological polar surface area (TPSA) is 32.3 Å². The van der Waals surface area contributed by atoms with Gasteiger partial charge in [-0.15, -0.1) is 0 Å². The molecule has 0 saturated carbocycles. The highest BCUT2D eigenvalue weighted by atomic mass is 16.3. The van der Waals surface area contributed by atoms with Gasteiger partial charge in [-0.05, 0) is 19.4 Å². The van der Waals surface area contributed by atoms with Crippen LogP contribution in [0.15, 0.2) is 0 Å². The van der Waals surface area contributed by atoms with Crippen LogP contribution in [0.1, 0.15) is 12.8 Å². The molecule has 0 amide bonds. The molecule has 0 spiro atoms. The van der Waals surface area contributed by atoms with Crippen LogP contribution in [0.2, 0.25) is 6.32 Å². The molecule has 0 aromatic heterocycles. The normalized spacial score (nSPS) is 30.6. The van der Waals surface area contributed by atoms with Crippen molar-refractivity contribution in [2.45, 2.75) is 31.3 Å². The highest BCUT2D eigenvalue weighted by molar-refractivity contribution is 6.08. The van der Waals surface area contributed by atoms with E-state index in [9.17, 15) is 5.11 Å². The lowest BCUT2D eigenvalue weighted by atomic mass is 9.94. The Morgan fingerprint density at radius 2 is 2.56 bits per heavy atom. The van der Waals surface area contributed by atoms with Crippen molar-refractivity contribution in [3.05, 3.63) is 0 Å². The smallest absolute Gasteiger partial charge is 0.104 e. The van der Waals surface area contributed by atoms with E-state index in [1.54, 1.807) is 0 Å². The molecular formula is C6H14BNO. The van der Waals surface area contributed by atoms with Crippen LogP contribution in [0, 0.1) is 0 Å². The fraction of sp³-hybridized carbons (Fsp3) is 1.00. The number of hydrogen-bond acceptors (Lipinski definition) is 2. The van der Waals surface area contributed by atoms with E-state index in [1.807, 2.05) is 7.85 Å². The van der Waals surface area contributed by atoms with Crippen molar-refractivity contribution in [3.63, 3.8) is 0 Å². The van der Waals surface area contributed by atoms with Crippen molar-refractivity contribution in [2.24, 2.45) is 0 Å². The van der Waals surface area contributed by atoms with Gasteiger partial charge in [0.05, 0.1) is 6.10 Å². The quantitative estimate of drug-likeness (QED) is 0.473. The maximum atomic E-state index is 9.30. The molecular weight excluding hydrogens is 113 g/mol. The molecule has 0 aliphatic carbocycles. The second-order valence-corrected chi connectivity index (χ2v) is 2.68. The monoisotopic (exact) mass is 127 g/mol. The molecule has 1 saturated heterocycles.